The normalized spacial score (nSPS) is 8.80. The molecule has 0 unspecified atom stereocenters. The number of aromatic nitrogens is 1. The zero-order valence-corrected chi connectivity index (χ0v) is 5.28. The third kappa shape index (κ3) is 1.12. The van der Waals surface area contributed by atoms with E-state index in [1.165, 1.54) is 12.4 Å². The number of nitrogens with zero attached hydrogens (tertiary/aromatic N) is 2. The first-order chi connectivity index (χ1) is 4.88. The van der Waals surface area contributed by atoms with Gasteiger partial charge in [-0.05, 0) is 6.07 Å². The number of aliphatic hydroxyl groups is 1. The van der Waals surface area contributed by atoms with E-state index in [0.717, 1.165) is 0 Å². The van der Waals surface area contributed by atoms with Gasteiger partial charge in [-0.25, -0.2) is 0 Å². The number of pyridine rings is 1. The van der Waals surface area contributed by atoms with E-state index in [1.54, 1.807) is 6.07 Å². The van der Waals surface area contributed by atoms with Crippen LogP contribution >= 0.6 is 0 Å². The van der Waals surface area contributed by atoms with Crippen LogP contribution in [0.3, 0.4) is 0 Å². The SMILES string of the molecule is N#Cc1ccncc1CO. The molecule has 0 aliphatic carbocycles. The van der Waals surface area contributed by atoms with Crippen molar-refractivity contribution < 1.29 is 5.11 Å². The summed E-state index contributed by atoms with van der Waals surface area (Å²) >= 11 is 0. The second-order valence-electron chi connectivity index (χ2n) is 1.80. The highest BCUT2D eigenvalue weighted by Gasteiger charge is 1.96. The van der Waals surface area contributed by atoms with Crippen LogP contribution in [0.1, 0.15) is 11.1 Å². The highest BCUT2D eigenvalue weighted by Crippen LogP contribution is 2.03. The Morgan fingerprint density at radius 3 is 3.00 bits per heavy atom. The molecule has 0 aliphatic heterocycles. The van der Waals surface area contributed by atoms with E-state index < -0.39 is 0 Å². The average Bonchev–Trinajstić information content (AvgIpc) is 2.04. The van der Waals surface area contributed by atoms with Crippen molar-refractivity contribution in [3.8, 4) is 6.07 Å². The molecule has 3 heteroatoms. The van der Waals surface area contributed by atoms with Crippen LogP contribution in [-0.2, 0) is 6.61 Å². The van der Waals surface area contributed by atoms with Crippen LogP contribution in [0.5, 0.6) is 0 Å². The fraction of sp³-hybridized carbons (Fsp3) is 0.143. The van der Waals surface area contributed by atoms with E-state index >= 15 is 0 Å². The Labute approximate surface area is 58.6 Å². The van der Waals surface area contributed by atoms with Crippen molar-refractivity contribution in [2.24, 2.45) is 0 Å². The van der Waals surface area contributed by atoms with Crippen molar-refractivity contribution in [1.82, 2.24) is 4.98 Å². The number of nitriles is 1. The monoisotopic (exact) mass is 134 g/mol. The van der Waals surface area contributed by atoms with Crippen LogP contribution in [0.25, 0.3) is 0 Å². The number of hydrogen-bond acceptors (Lipinski definition) is 3. The maximum atomic E-state index is 8.66. The van der Waals surface area contributed by atoms with Crippen molar-refractivity contribution in [2.75, 3.05) is 0 Å². The molecule has 50 valence electrons. The average molecular weight is 134 g/mol. The van der Waals surface area contributed by atoms with Crippen LogP contribution in [0.15, 0.2) is 18.5 Å². The van der Waals surface area contributed by atoms with E-state index in [1.807, 2.05) is 6.07 Å². The summed E-state index contributed by atoms with van der Waals surface area (Å²) in [6.45, 7) is -0.128. The standard InChI is InChI=1S/C7H6N2O/c8-3-6-1-2-9-4-7(6)5-10/h1-2,4,10H,5H2. The maximum Gasteiger partial charge on any atom is 0.0996 e. The lowest BCUT2D eigenvalue weighted by Crippen LogP contribution is -1.89. The van der Waals surface area contributed by atoms with Crippen LogP contribution in [0.2, 0.25) is 0 Å². The lowest BCUT2D eigenvalue weighted by atomic mass is 10.2. The van der Waals surface area contributed by atoms with Gasteiger partial charge in [0.15, 0.2) is 0 Å². The quantitative estimate of drug-likeness (QED) is 0.606. The summed E-state index contributed by atoms with van der Waals surface area (Å²) in [5.41, 5.74) is 1.06. The Kier molecular flexibility index (Phi) is 1.98. The molecule has 0 aromatic carbocycles. The zero-order chi connectivity index (χ0) is 7.40. The summed E-state index contributed by atoms with van der Waals surface area (Å²) in [4.78, 5) is 3.75. The minimum Gasteiger partial charge on any atom is -0.392 e. The van der Waals surface area contributed by atoms with Gasteiger partial charge in [0.05, 0.1) is 18.2 Å². The predicted octanol–water partition coefficient (Wildman–Crippen LogP) is 0.446. The Hall–Kier alpha value is -1.40. The van der Waals surface area contributed by atoms with Crippen LogP contribution in [0.4, 0.5) is 0 Å². The second-order valence-corrected chi connectivity index (χ2v) is 1.80. The Morgan fingerprint density at radius 1 is 1.70 bits per heavy atom. The largest absolute Gasteiger partial charge is 0.392 e. The van der Waals surface area contributed by atoms with E-state index in [4.69, 9.17) is 10.4 Å². The third-order valence-electron chi connectivity index (χ3n) is 1.19. The molecule has 0 aliphatic rings. The summed E-state index contributed by atoms with van der Waals surface area (Å²) in [7, 11) is 0. The Bertz CT molecular complexity index is 265. The molecule has 1 N–H and O–H groups in total. The summed E-state index contributed by atoms with van der Waals surface area (Å²) in [6, 6.07) is 3.52. The molecule has 1 aromatic rings. The summed E-state index contributed by atoms with van der Waals surface area (Å²) in [5, 5.41) is 17.1. The molecule has 3 nitrogen and oxygen atoms in total. The van der Waals surface area contributed by atoms with Crippen LogP contribution in [-0.4, -0.2) is 10.1 Å². The topological polar surface area (TPSA) is 56.9 Å². The van der Waals surface area contributed by atoms with Gasteiger partial charge in [0.25, 0.3) is 0 Å². The number of hydrogen-bond donors (Lipinski definition) is 1. The van der Waals surface area contributed by atoms with Crippen molar-refractivity contribution in [3.05, 3.63) is 29.6 Å². The fourth-order valence-corrected chi connectivity index (χ4v) is 0.662. The first-order valence-corrected chi connectivity index (χ1v) is 2.82. The van der Waals surface area contributed by atoms with E-state index in [-0.39, 0.29) is 6.61 Å². The molecule has 0 saturated heterocycles. The Balaban J connectivity index is 3.12. The highest BCUT2D eigenvalue weighted by atomic mass is 16.3. The second kappa shape index (κ2) is 2.95. The molecule has 0 amide bonds. The van der Waals surface area contributed by atoms with Gasteiger partial charge in [0.1, 0.15) is 0 Å². The van der Waals surface area contributed by atoms with Gasteiger partial charge >= 0.3 is 0 Å². The van der Waals surface area contributed by atoms with Gasteiger partial charge in [-0.2, -0.15) is 5.26 Å². The van der Waals surface area contributed by atoms with E-state index in [0.29, 0.717) is 11.1 Å². The summed E-state index contributed by atoms with van der Waals surface area (Å²) in [6.07, 6.45) is 3.01. The molecular formula is C7H6N2O. The Morgan fingerprint density at radius 2 is 2.50 bits per heavy atom. The van der Waals surface area contributed by atoms with Gasteiger partial charge in [-0.15, -0.1) is 0 Å². The minimum atomic E-state index is -0.128. The first-order valence-electron chi connectivity index (χ1n) is 2.82. The van der Waals surface area contributed by atoms with Gasteiger partial charge in [-0.1, -0.05) is 0 Å². The number of aliphatic hydroxyl groups excluding tert-OH is 1. The van der Waals surface area contributed by atoms with Gasteiger partial charge in [0.2, 0.25) is 0 Å². The van der Waals surface area contributed by atoms with Crippen molar-refractivity contribution in [1.29, 1.82) is 5.26 Å². The molecule has 0 radical (unpaired) electrons. The van der Waals surface area contributed by atoms with Crippen LogP contribution < -0.4 is 0 Å². The van der Waals surface area contributed by atoms with Crippen LogP contribution in [0, 0.1) is 11.3 Å². The molecule has 1 rings (SSSR count). The maximum absolute atomic E-state index is 8.66. The zero-order valence-electron chi connectivity index (χ0n) is 5.28. The minimum absolute atomic E-state index is 0.128. The first kappa shape index (κ1) is 6.72. The third-order valence-corrected chi connectivity index (χ3v) is 1.19. The lowest BCUT2D eigenvalue weighted by molar-refractivity contribution is 0.281. The predicted molar refractivity (Wildman–Crippen MR) is 34.9 cm³/mol. The summed E-state index contributed by atoms with van der Waals surface area (Å²) in [5.74, 6) is 0. The fourth-order valence-electron chi connectivity index (χ4n) is 0.662. The number of rotatable bonds is 1. The molecule has 1 heterocycles. The molecule has 0 bridgehead atoms. The molecular weight excluding hydrogens is 128 g/mol. The van der Waals surface area contributed by atoms with Crippen molar-refractivity contribution in [2.45, 2.75) is 6.61 Å². The van der Waals surface area contributed by atoms with Gasteiger partial charge in [-0.3, -0.25) is 4.98 Å². The molecule has 0 atom stereocenters. The molecule has 0 fully saturated rings. The lowest BCUT2D eigenvalue weighted by Gasteiger charge is -1.94. The summed E-state index contributed by atoms with van der Waals surface area (Å²) < 4.78 is 0. The molecule has 1 aromatic heterocycles. The van der Waals surface area contributed by atoms with Gasteiger partial charge < -0.3 is 5.11 Å². The van der Waals surface area contributed by atoms with Crippen molar-refractivity contribution >= 4 is 0 Å². The molecule has 0 spiro atoms. The van der Waals surface area contributed by atoms with Crippen molar-refractivity contribution in [3.63, 3.8) is 0 Å². The van der Waals surface area contributed by atoms with E-state index in [2.05, 4.69) is 4.98 Å². The van der Waals surface area contributed by atoms with E-state index in [9.17, 15) is 0 Å². The highest BCUT2D eigenvalue weighted by molar-refractivity contribution is 5.34. The molecule has 0 saturated carbocycles. The smallest absolute Gasteiger partial charge is 0.0996 e. The molecule has 10 heavy (non-hydrogen) atoms. The van der Waals surface area contributed by atoms with Gasteiger partial charge in [0, 0.05) is 18.0 Å².